The van der Waals surface area contributed by atoms with E-state index in [9.17, 15) is 0 Å². The van der Waals surface area contributed by atoms with Crippen LogP contribution >= 0.6 is 0 Å². The zero-order valence-corrected chi connectivity index (χ0v) is 11.8. The molecule has 2 atom stereocenters. The number of benzene rings is 1. The van der Waals surface area contributed by atoms with Gasteiger partial charge in [-0.3, -0.25) is 0 Å². The third kappa shape index (κ3) is 3.49. The van der Waals surface area contributed by atoms with Crippen LogP contribution in [0.2, 0.25) is 0 Å². The van der Waals surface area contributed by atoms with E-state index in [1.807, 2.05) is 0 Å². The first-order valence-corrected chi connectivity index (χ1v) is 7.06. The third-order valence-corrected chi connectivity index (χ3v) is 4.02. The summed E-state index contributed by atoms with van der Waals surface area (Å²) >= 11 is 0. The van der Waals surface area contributed by atoms with Gasteiger partial charge in [0, 0.05) is 6.04 Å². The molecule has 0 aromatic heterocycles. The molecule has 1 N–H and O–H groups in total. The Labute approximate surface area is 111 Å². The standard InChI is InChI=1S/C16H25NO/c1-12-4-9-16(18-3)15(10-12)8-7-14-6-5-13(2)17-11-14/h4,9-10,13-14,17H,5-8,11H2,1-3H3. The number of hydrogen-bond donors (Lipinski definition) is 1. The van der Waals surface area contributed by atoms with Gasteiger partial charge in [-0.2, -0.15) is 0 Å². The number of aryl methyl sites for hydroxylation is 2. The van der Waals surface area contributed by atoms with Gasteiger partial charge in [0.1, 0.15) is 5.75 Å². The van der Waals surface area contributed by atoms with Gasteiger partial charge in [0.25, 0.3) is 0 Å². The molecule has 1 fully saturated rings. The highest BCUT2D eigenvalue weighted by molar-refractivity contribution is 5.36. The van der Waals surface area contributed by atoms with Crippen molar-refractivity contribution in [2.45, 2.75) is 45.6 Å². The second-order valence-corrected chi connectivity index (χ2v) is 5.61. The molecule has 2 unspecified atom stereocenters. The molecule has 1 saturated heterocycles. The maximum atomic E-state index is 5.44. The van der Waals surface area contributed by atoms with Gasteiger partial charge in [-0.25, -0.2) is 0 Å². The highest BCUT2D eigenvalue weighted by Gasteiger charge is 2.17. The van der Waals surface area contributed by atoms with Gasteiger partial charge in [-0.15, -0.1) is 0 Å². The van der Waals surface area contributed by atoms with E-state index < -0.39 is 0 Å². The topological polar surface area (TPSA) is 21.3 Å². The summed E-state index contributed by atoms with van der Waals surface area (Å²) in [6.07, 6.45) is 5.07. The van der Waals surface area contributed by atoms with Gasteiger partial charge in [0.2, 0.25) is 0 Å². The molecule has 18 heavy (non-hydrogen) atoms. The Kier molecular flexibility index (Phi) is 4.65. The molecular formula is C16H25NO. The van der Waals surface area contributed by atoms with Crippen molar-refractivity contribution in [2.75, 3.05) is 13.7 Å². The molecule has 1 aromatic carbocycles. The minimum absolute atomic E-state index is 0.703. The first-order valence-electron chi connectivity index (χ1n) is 7.06. The fourth-order valence-corrected chi connectivity index (χ4v) is 2.77. The lowest BCUT2D eigenvalue weighted by Gasteiger charge is -2.27. The van der Waals surface area contributed by atoms with E-state index in [0.29, 0.717) is 6.04 Å². The molecule has 100 valence electrons. The molecule has 0 bridgehead atoms. The fourth-order valence-electron chi connectivity index (χ4n) is 2.77. The quantitative estimate of drug-likeness (QED) is 0.881. The first-order chi connectivity index (χ1) is 8.69. The molecular weight excluding hydrogens is 222 g/mol. The van der Waals surface area contributed by atoms with Gasteiger partial charge in [-0.05, 0) is 63.6 Å². The van der Waals surface area contributed by atoms with E-state index in [1.165, 1.54) is 36.9 Å². The highest BCUT2D eigenvalue weighted by Crippen LogP contribution is 2.25. The summed E-state index contributed by atoms with van der Waals surface area (Å²) in [5, 5.41) is 3.58. The number of methoxy groups -OCH3 is 1. The van der Waals surface area contributed by atoms with E-state index in [4.69, 9.17) is 4.74 Å². The predicted molar refractivity (Wildman–Crippen MR) is 76.2 cm³/mol. The Morgan fingerprint density at radius 3 is 2.83 bits per heavy atom. The van der Waals surface area contributed by atoms with Crippen LogP contribution in [-0.2, 0) is 6.42 Å². The van der Waals surface area contributed by atoms with Crippen LogP contribution < -0.4 is 10.1 Å². The van der Waals surface area contributed by atoms with Crippen LogP contribution in [0.4, 0.5) is 0 Å². The number of ether oxygens (including phenoxy) is 1. The largest absolute Gasteiger partial charge is 0.496 e. The molecule has 0 aliphatic carbocycles. The Balaban J connectivity index is 1.91. The number of nitrogens with one attached hydrogen (secondary N) is 1. The molecule has 1 aliphatic heterocycles. The fraction of sp³-hybridized carbons (Fsp3) is 0.625. The number of rotatable bonds is 4. The van der Waals surface area contributed by atoms with Crippen LogP contribution in [0.15, 0.2) is 18.2 Å². The molecule has 0 saturated carbocycles. The average molecular weight is 247 g/mol. The predicted octanol–water partition coefficient (Wildman–Crippen LogP) is 3.32. The van der Waals surface area contributed by atoms with Crippen molar-refractivity contribution in [1.82, 2.24) is 5.32 Å². The highest BCUT2D eigenvalue weighted by atomic mass is 16.5. The summed E-state index contributed by atoms with van der Waals surface area (Å²) in [5.41, 5.74) is 2.68. The lowest BCUT2D eigenvalue weighted by atomic mass is 9.90. The SMILES string of the molecule is COc1ccc(C)cc1CCC1CCC(C)NC1. The lowest BCUT2D eigenvalue weighted by Crippen LogP contribution is -2.36. The zero-order valence-electron chi connectivity index (χ0n) is 11.8. The van der Waals surface area contributed by atoms with Crippen LogP contribution in [0.5, 0.6) is 5.75 Å². The second kappa shape index (κ2) is 6.24. The van der Waals surface area contributed by atoms with Crippen LogP contribution in [0.25, 0.3) is 0 Å². The molecule has 1 aliphatic rings. The molecule has 1 heterocycles. The minimum atomic E-state index is 0.703. The molecule has 2 heteroatoms. The lowest BCUT2D eigenvalue weighted by molar-refractivity contribution is 0.308. The summed E-state index contributed by atoms with van der Waals surface area (Å²) in [6.45, 7) is 5.60. The second-order valence-electron chi connectivity index (χ2n) is 5.61. The van der Waals surface area contributed by atoms with E-state index in [1.54, 1.807) is 7.11 Å². The Hall–Kier alpha value is -1.02. The Morgan fingerprint density at radius 2 is 2.17 bits per heavy atom. The van der Waals surface area contributed by atoms with Crippen molar-refractivity contribution in [3.8, 4) is 5.75 Å². The van der Waals surface area contributed by atoms with Crippen molar-refractivity contribution < 1.29 is 4.74 Å². The van der Waals surface area contributed by atoms with Gasteiger partial charge < -0.3 is 10.1 Å². The van der Waals surface area contributed by atoms with E-state index in [-0.39, 0.29) is 0 Å². The van der Waals surface area contributed by atoms with Crippen LogP contribution in [0.3, 0.4) is 0 Å². The zero-order chi connectivity index (χ0) is 13.0. The summed E-state index contributed by atoms with van der Waals surface area (Å²) in [7, 11) is 1.76. The van der Waals surface area contributed by atoms with Gasteiger partial charge in [-0.1, -0.05) is 17.7 Å². The number of piperidine rings is 1. The first kappa shape index (κ1) is 13.4. The summed E-state index contributed by atoms with van der Waals surface area (Å²) in [5.74, 6) is 1.86. The van der Waals surface area contributed by atoms with Gasteiger partial charge >= 0.3 is 0 Å². The Bertz CT molecular complexity index is 381. The van der Waals surface area contributed by atoms with E-state index in [0.717, 1.165) is 18.1 Å². The smallest absolute Gasteiger partial charge is 0.122 e. The maximum Gasteiger partial charge on any atom is 0.122 e. The van der Waals surface area contributed by atoms with Gasteiger partial charge in [0.15, 0.2) is 0 Å². The van der Waals surface area contributed by atoms with Crippen LogP contribution in [0.1, 0.15) is 37.3 Å². The molecule has 2 nitrogen and oxygen atoms in total. The normalized spacial score (nSPS) is 23.9. The van der Waals surface area contributed by atoms with Crippen molar-refractivity contribution in [3.63, 3.8) is 0 Å². The van der Waals surface area contributed by atoms with E-state index in [2.05, 4.69) is 37.4 Å². The third-order valence-electron chi connectivity index (χ3n) is 4.02. The molecule has 2 rings (SSSR count). The minimum Gasteiger partial charge on any atom is -0.496 e. The van der Waals surface area contributed by atoms with Crippen molar-refractivity contribution in [1.29, 1.82) is 0 Å². The summed E-state index contributed by atoms with van der Waals surface area (Å²) in [4.78, 5) is 0. The summed E-state index contributed by atoms with van der Waals surface area (Å²) < 4.78 is 5.44. The van der Waals surface area contributed by atoms with Crippen molar-refractivity contribution in [3.05, 3.63) is 29.3 Å². The monoisotopic (exact) mass is 247 g/mol. The van der Waals surface area contributed by atoms with Gasteiger partial charge in [0.05, 0.1) is 7.11 Å². The van der Waals surface area contributed by atoms with Crippen molar-refractivity contribution in [2.24, 2.45) is 5.92 Å². The van der Waals surface area contributed by atoms with Crippen LogP contribution in [-0.4, -0.2) is 19.7 Å². The molecule has 0 amide bonds. The molecule has 1 aromatic rings. The average Bonchev–Trinajstić information content (AvgIpc) is 2.38. The molecule has 0 spiro atoms. The maximum absolute atomic E-state index is 5.44. The van der Waals surface area contributed by atoms with E-state index >= 15 is 0 Å². The number of hydrogen-bond acceptors (Lipinski definition) is 2. The summed E-state index contributed by atoms with van der Waals surface area (Å²) in [6, 6.07) is 7.17. The van der Waals surface area contributed by atoms with Crippen LogP contribution in [0, 0.1) is 12.8 Å². The van der Waals surface area contributed by atoms with Crippen molar-refractivity contribution >= 4 is 0 Å². The Morgan fingerprint density at radius 1 is 1.33 bits per heavy atom. The molecule has 0 radical (unpaired) electrons.